The zero-order chi connectivity index (χ0) is 33.3. The molecule has 0 saturated heterocycles. The minimum Gasteiger partial charge on any atom is -0.497 e. The average molecular weight is 662 g/mol. The summed E-state index contributed by atoms with van der Waals surface area (Å²) in [5, 5.41) is 3.14. The van der Waals surface area contributed by atoms with Crippen molar-refractivity contribution in [3.63, 3.8) is 0 Å². The maximum absolute atomic E-state index is 14.3. The highest BCUT2D eigenvalue weighted by atomic mass is 35.5. The minimum absolute atomic E-state index is 0.0227. The molecular formula is C32H40ClN3O8S. The maximum Gasteiger partial charge on any atom is 0.265 e. The van der Waals surface area contributed by atoms with Crippen LogP contribution in [0.25, 0.3) is 0 Å². The average Bonchev–Trinajstić information content (AvgIpc) is 3.05. The SMILES string of the molecule is CC[C@H](C)NC(=O)[C@H](C)N(Cc1ccc(OC)cc1)C(=O)CN(c1cc(Cl)ccc1OC)S(=O)(=O)c1ccc(OC)c(OC)c1. The van der Waals surface area contributed by atoms with E-state index in [9.17, 15) is 18.0 Å². The molecule has 0 saturated carbocycles. The second-order valence-electron chi connectivity index (χ2n) is 10.2. The molecule has 45 heavy (non-hydrogen) atoms. The van der Waals surface area contributed by atoms with Crippen molar-refractivity contribution in [2.75, 3.05) is 39.3 Å². The number of carbonyl (C=O) groups excluding carboxylic acids is 2. The highest BCUT2D eigenvalue weighted by Gasteiger charge is 2.34. The molecule has 0 bridgehead atoms. The summed E-state index contributed by atoms with van der Waals surface area (Å²) in [6.45, 7) is 4.75. The van der Waals surface area contributed by atoms with Gasteiger partial charge in [-0.15, -0.1) is 0 Å². The van der Waals surface area contributed by atoms with Gasteiger partial charge < -0.3 is 29.2 Å². The number of benzene rings is 3. The van der Waals surface area contributed by atoms with Gasteiger partial charge in [-0.2, -0.15) is 0 Å². The van der Waals surface area contributed by atoms with E-state index in [1.807, 2.05) is 13.8 Å². The van der Waals surface area contributed by atoms with E-state index in [0.717, 1.165) is 4.31 Å². The fourth-order valence-electron chi connectivity index (χ4n) is 4.45. The third kappa shape index (κ3) is 8.52. The van der Waals surface area contributed by atoms with Crippen molar-refractivity contribution in [1.29, 1.82) is 0 Å². The van der Waals surface area contributed by atoms with Crippen LogP contribution in [0.5, 0.6) is 23.0 Å². The van der Waals surface area contributed by atoms with Crippen LogP contribution >= 0.6 is 11.6 Å². The van der Waals surface area contributed by atoms with Crippen LogP contribution < -0.4 is 28.6 Å². The number of hydrogen-bond donors (Lipinski definition) is 1. The first kappa shape index (κ1) is 35.3. The number of hydrogen-bond acceptors (Lipinski definition) is 8. The summed E-state index contributed by atoms with van der Waals surface area (Å²) in [5.74, 6) is 0.287. The van der Waals surface area contributed by atoms with Crippen LogP contribution in [0, 0.1) is 0 Å². The van der Waals surface area contributed by atoms with Crippen LogP contribution in [0.4, 0.5) is 5.69 Å². The molecule has 3 aromatic rings. The molecule has 0 aliphatic heterocycles. The van der Waals surface area contributed by atoms with Crippen LogP contribution in [0.15, 0.2) is 65.6 Å². The van der Waals surface area contributed by atoms with Crippen molar-refractivity contribution < 1.29 is 37.0 Å². The molecule has 0 fully saturated rings. The van der Waals surface area contributed by atoms with Crippen molar-refractivity contribution in [3.8, 4) is 23.0 Å². The molecule has 11 nitrogen and oxygen atoms in total. The summed E-state index contributed by atoms with van der Waals surface area (Å²) in [6.07, 6.45) is 0.691. The molecule has 1 N–H and O–H groups in total. The van der Waals surface area contributed by atoms with Gasteiger partial charge in [-0.05, 0) is 68.3 Å². The Morgan fingerprint density at radius 1 is 0.844 bits per heavy atom. The van der Waals surface area contributed by atoms with E-state index in [1.54, 1.807) is 44.4 Å². The van der Waals surface area contributed by atoms with E-state index in [0.29, 0.717) is 23.5 Å². The highest BCUT2D eigenvalue weighted by Crippen LogP contribution is 2.37. The highest BCUT2D eigenvalue weighted by molar-refractivity contribution is 7.92. The molecule has 0 aliphatic carbocycles. The number of halogens is 1. The number of nitrogens with one attached hydrogen (secondary N) is 1. The van der Waals surface area contributed by atoms with E-state index < -0.39 is 28.5 Å². The van der Waals surface area contributed by atoms with Gasteiger partial charge in [-0.1, -0.05) is 30.7 Å². The van der Waals surface area contributed by atoms with Crippen LogP contribution in [0.1, 0.15) is 32.8 Å². The smallest absolute Gasteiger partial charge is 0.265 e. The van der Waals surface area contributed by atoms with Gasteiger partial charge >= 0.3 is 0 Å². The third-order valence-corrected chi connectivity index (χ3v) is 9.30. The van der Waals surface area contributed by atoms with Crippen LogP contribution in [0.3, 0.4) is 0 Å². The lowest BCUT2D eigenvalue weighted by molar-refractivity contribution is -0.139. The first-order chi connectivity index (χ1) is 21.4. The van der Waals surface area contributed by atoms with Crippen molar-refractivity contribution in [2.24, 2.45) is 0 Å². The van der Waals surface area contributed by atoms with Gasteiger partial charge in [0.1, 0.15) is 24.1 Å². The first-order valence-corrected chi connectivity index (χ1v) is 16.0. The van der Waals surface area contributed by atoms with Gasteiger partial charge in [-0.3, -0.25) is 13.9 Å². The third-order valence-electron chi connectivity index (χ3n) is 7.31. The predicted molar refractivity (Wildman–Crippen MR) is 173 cm³/mol. The molecule has 2 atom stereocenters. The van der Waals surface area contributed by atoms with Gasteiger partial charge in [0.15, 0.2) is 11.5 Å². The van der Waals surface area contributed by atoms with Crippen LogP contribution in [-0.2, 0) is 26.2 Å². The first-order valence-electron chi connectivity index (χ1n) is 14.2. The summed E-state index contributed by atoms with van der Waals surface area (Å²) < 4.78 is 50.9. The Bertz CT molecular complexity index is 1580. The fourth-order valence-corrected chi connectivity index (χ4v) is 6.05. The summed E-state index contributed by atoms with van der Waals surface area (Å²) in [6, 6.07) is 14.5. The summed E-state index contributed by atoms with van der Waals surface area (Å²) in [4.78, 5) is 28.7. The molecule has 0 spiro atoms. The summed E-state index contributed by atoms with van der Waals surface area (Å²) >= 11 is 6.31. The molecule has 2 amide bonds. The van der Waals surface area contributed by atoms with Gasteiger partial charge in [0, 0.05) is 23.7 Å². The number of sulfonamides is 1. The molecule has 0 heterocycles. The zero-order valence-corrected chi connectivity index (χ0v) is 28.1. The Labute approximate surface area is 270 Å². The largest absolute Gasteiger partial charge is 0.497 e. The number of carbonyl (C=O) groups is 2. The summed E-state index contributed by atoms with van der Waals surface area (Å²) in [5.41, 5.74) is 0.746. The van der Waals surface area contributed by atoms with Crippen LogP contribution in [0.2, 0.25) is 5.02 Å². The molecule has 3 rings (SSSR count). The lowest BCUT2D eigenvalue weighted by Crippen LogP contribution is -2.52. The number of nitrogens with zero attached hydrogens (tertiary/aromatic N) is 2. The van der Waals surface area contributed by atoms with Crippen molar-refractivity contribution in [1.82, 2.24) is 10.2 Å². The molecule has 13 heteroatoms. The van der Waals surface area contributed by atoms with E-state index in [-0.39, 0.29) is 45.6 Å². The Morgan fingerprint density at radius 2 is 1.47 bits per heavy atom. The lowest BCUT2D eigenvalue weighted by atomic mass is 10.1. The lowest BCUT2D eigenvalue weighted by Gasteiger charge is -2.33. The zero-order valence-electron chi connectivity index (χ0n) is 26.5. The van der Waals surface area contributed by atoms with Gasteiger partial charge in [-0.25, -0.2) is 8.42 Å². The topological polar surface area (TPSA) is 124 Å². The van der Waals surface area contributed by atoms with Gasteiger partial charge in [0.2, 0.25) is 11.8 Å². The molecule has 0 radical (unpaired) electrons. The predicted octanol–water partition coefficient (Wildman–Crippen LogP) is 4.90. The molecule has 0 aliphatic rings. The monoisotopic (exact) mass is 661 g/mol. The quantitative estimate of drug-likeness (QED) is 0.244. The van der Waals surface area contributed by atoms with E-state index in [2.05, 4.69) is 5.32 Å². The van der Waals surface area contributed by atoms with E-state index >= 15 is 0 Å². The molecule has 244 valence electrons. The standard InChI is InChI=1S/C32H40ClN3O8S/c1-8-21(2)34-32(38)22(3)35(19-23-9-12-25(41-4)13-10-23)31(37)20-36(27-17-24(33)11-15-28(27)42-5)45(39,40)26-14-16-29(43-6)30(18-26)44-7/h9-18,21-22H,8,19-20H2,1-7H3,(H,34,38)/t21-,22-/m0/s1. The number of rotatable bonds is 15. The number of ether oxygens (including phenoxy) is 4. The Kier molecular flexibility index (Phi) is 12.3. The second kappa shape index (κ2) is 15.7. The van der Waals surface area contributed by atoms with E-state index in [4.69, 9.17) is 30.5 Å². The molecule has 0 aromatic heterocycles. The number of amides is 2. The molecule has 3 aromatic carbocycles. The van der Waals surface area contributed by atoms with Crippen molar-refractivity contribution in [2.45, 2.75) is 50.7 Å². The van der Waals surface area contributed by atoms with Gasteiger partial charge in [0.05, 0.1) is 39.0 Å². The van der Waals surface area contributed by atoms with Crippen LogP contribution in [-0.4, -0.2) is 72.2 Å². The van der Waals surface area contributed by atoms with Crippen molar-refractivity contribution in [3.05, 3.63) is 71.2 Å². The molecule has 0 unspecified atom stereocenters. The Hall–Kier alpha value is -4.16. The Morgan fingerprint density at radius 3 is 2.04 bits per heavy atom. The van der Waals surface area contributed by atoms with E-state index in [1.165, 1.54) is 56.6 Å². The number of methoxy groups -OCH3 is 4. The molecular weight excluding hydrogens is 622 g/mol. The second-order valence-corrected chi connectivity index (χ2v) is 12.5. The normalized spacial score (nSPS) is 12.4. The number of anilines is 1. The summed E-state index contributed by atoms with van der Waals surface area (Å²) in [7, 11) is 1.30. The van der Waals surface area contributed by atoms with Gasteiger partial charge in [0.25, 0.3) is 10.0 Å². The van der Waals surface area contributed by atoms with Crippen molar-refractivity contribution >= 4 is 39.1 Å². The minimum atomic E-state index is -4.45. The Balaban J connectivity index is 2.14. The maximum atomic E-state index is 14.3. The fraction of sp³-hybridized carbons (Fsp3) is 0.375.